The van der Waals surface area contributed by atoms with E-state index in [0.29, 0.717) is 11.8 Å². The van der Waals surface area contributed by atoms with Crippen LogP contribution in [0.2, 0.25) is 0 Å². The summed E-state index contributed by atoms with van der Waals surface area (Å²) in [6.07, 6.45) is 3.45. The van der Waals surface area contributed by atoms with Crippen LogP contribution in [0.25, 0.3) is 44.8 Å². The van der Waals surface area contributed by atoms with E-state index in [0.717, 1.165) is 50.6 Å². The van der Waals surface area contributed by atoms with Crippen molar-refractivity contribution in [1.29, 1.82) is 0 Å². The maximum Gasteiger partial charge on any atom is 0.244 e. The Morgan fingerprint density at radius 1 is 0.708 bits per heavy atom. The lowest BCUT2D eigenvalue weighted by Gasteiger charge is -2.24. The van der Waals surface area contributed by atoms with Gasteiger partial charge < -0.3 is 13.9 Å². The van der Waals surface area contributed by atoms with E-state index in [1.54, 1.807) is 0 Å². The highest BCUT2D eigenvalue weighted by molar-refractivity contribution is 5.84. The molecule has 2 heterocycles. The molecule has 2 aromatic heterocycles. The average Bonchev–Trinajstić information content (AvgIpc) is 3.62. The van der Waals surface area contributed by atoms with Crippen molar-refractivity contribution >= 4 is 22.1 Å². The Bertz CT molecular complexity index is 2250. The predicted molar refractivity (Wildman–Crippen MR) is 197 cm³/mol. The van der Waals surface area contributed by atoms with Gasteiger partial charge >= 0.3 is 0 Å². The molecule has 5 nitrogen and oxygen atoms in total. The van der Waals surface area contributed by atoms with E-state index in [4.69, 9.17) is 9.72 Å². The van der Waals surface area contributed by atoms with Crippen LogP contribution in [0.5, 0.6) is 11.5 Å². The van der Waals surface area contributed by atoms with Gasteiger partial charge in [0, 0.05) is 5.56 Å². The number of hydrogen-bond donors (Lipinski definition) is 0. The number of aromatic nitrogens is 4. The van der Waals surface area contributed by atoms with Crippen molar-refractivity contribution in [3.8, 4) is 34.3 Å². The van der Waals surface area contributed by atoms with E-state index in [1.165, 1.54) is 22.4 Å². The molecule has 0 unspecified atom stereocenters. The minimum absolute atomic E-state index is 0.112. The Kier molecular flexibility index (Phi) is 7.95. The fourth-order valence-corrected chi connectivity index (χ4v) is 6.65. The van der Waals surface area contributed by atoms with Crippen LogP contribution in [-0.4, -0.2) is 14.1 Å². The molecule has 7 aromatic rings. The predicted octanol–water partition coefficient (Wildman–Crippen LogP) is 10.6. The number of hydrogen-bond acceptors (Lipinski definition) is 2. The zero-order valence-electron chi connectivity index (χ0n) is 29.2. The van der Waals surface area contributed by atoms with Gasteiger partial charge in [-0.1, -0.05) is 115 Å². The first-order valence-corrected chi connectivity index (χ1v) is 16.9. The third-order valence-corrected chi connectivity index (χ3v) is 9.20. The number of imidazole rings is 2. The lowest BCUT2D eigenvalue weighted by molar-refractivity contribution is -0.572. The highest BCUT2D eigenvalue weighted by Gasteiger charge is 2.24. The minimum Gasteiger partial charge on any atom is -0.458 e. The van der Waals surface area contributed by atoms with Crippen molar-refractivity contribution in [3.63, 3.8) is 0 Å². The summed E-state index contributed by atoms with van der Waals surface area (Å²) in [5, 5.41) is 0. The second-order valence-electron chi connectivity index (χ2n) is 14.4. The zero-order valence-corrected chi connectivity index (χ0v) is 29.2. The highest BCUT2D eigenvalue weighted by Crippen LogP contribution is 2.40. The van der Waals surface area contributed by atoms with Gasteiger partial charge in [0.05, 0.1) is 40.5 Å². The molecule has 0 saturated heterocycles. The normalized spacial score (nSPS) is 12.1. The molecule has 0 radical (unpaired) electrons. The molecule has 0 bridgehead atoms. The molecule has 48 heavy (non-hydrogen) atoms. The summed E-state index contributed by atoms with van der Waals surface area (Å²) in [5.41, 5.74) is 11.2. The first-order chi connectivity index (χ1) is 23.0. The molecule has 0 atom stereocenters. The average molecular weight is 633 g/mol. The van der Waals surface area contributed by atoms with Gasteiger partial charge in [-0.3, -0.25) is 4.57 Å². The van der Waals surface area contributed by atoms with E-state index in [-0.39, 0.29) is 5.41 Å². The first kappa shape index (κ1) is 31.4. The molecule has 0 fully saturated rings. The molecule has 5 heteroatoms. The van der Waals surface area contributed by atoms with Crippen molar-refractivity contribution in [2.45, 2.75) is 65.7 Å². The van der Waals surface area contributed by atoms with Gasteiger partial charge in [0.15, 0.2) is 0 Å². The molecule has 0 N–H and O–H groups in total. The molecular formula is C43H44N4O. The number of rotatable bonds is 7. The third kappa shape index (κ3) is 5.68. The second-order valence-corrected chi connectivity index (χ2v) is 14.4. The molecule has 5 aromatic carbocycles. The van der Waals surface area contributed by atoms with E-state index >= 15 is 0 Å². The lowest BCUT2D eigenvalue weighted by Crippen LogP contribution is -2.29. The van der Waals surface area contributed by atoms with Gasteiger partial charge in [-0.05, 0) is 76.4 Å². The fourth-order valence-electron chi connectivity index (χ4n) is 6.65. The van der Waals surface area contributed by atoms with Gasteiger partial charge in [0.2, 0.25) is 6.33 Å². The minimum atomic E-state index is -0.112. The molecular weight excluding hydrogens is 589 g/mol. The van der Waals surface area contributed by atoms with Crippen molar-refractivity contribution in [2.75, 3.05) is 0 Å². The Balaban J connectivity index is 1.40. The highest BCUT2D eigenvalue weighted by atomic mass is 16.5. The summed E-state index contributed by atoms with van der Waals surface area (Å²) in [6, 6.07) is 38.4. The van der Waals surface area contributed by atoms with E-state index in [9.17, 15) is 0 Å². The molecule has 0 saturated carbocycles. The quantitative estimate of drug-likeness (QED) is 0.129. The Morgan fingerprint density at radius 3 is 2.08 bits per heavy atom. The molecule has 7 rings (SSSR count). The summed E-state index contributed by atoms with van der Waals surface area (Å²) >= 11 is 0. The van der Waals surface area contributed by atoms with E-state index < -0.39 is 0 Å². The van der Waals surface area contributed by atoms with E-state index in [1.807, 2.05) is 23.7 Å². The SMILES string of the molecule is CC(C)c1cccc(C(C)C)c1-n1c(-c2cc(Oc3cccc(-[n+]4[c-]n(C)c5ccccc54)c3)cc(C(C)(C)C)c2)nc2ccccc21. The van der Waals surface area contributed by atoms with Gasteiger partial charge in [-0.25, -0.2) is 4.98 Å². The maximum atomic E-state index is 6.73. The van der Waals surface area contributed by atoms with Gasteiger partial charge in [0.1, 0.15) is 17.3 Å². The fraction of sp³-hybridized carbons (Fsp3) is 0.256. The topological polar surface area (TPSA) is 35.9 Å². The van der Waals surface area contributed by atoms with Crippen LogP contribution in [0.1, 0.15) is 77.0 Å². The summed E-state index contributed by atoms with van der Waals surface area (Å²) in [7, 11) is 2.02. The van der Waals surface area contributed by atoms with Gasteiger partial charge in [-0.2, -0.15) is 0 Å². The van der Waals surface area contributed by atoms with Crippen molar-refractivity contribution in [1.82, 2.24) is 14.1 Å². The zero-order chi connectivity index (χ0) is 33.7. The second kappa shape index (κ2) is 12.1. The molecule has 0 aliphatic rings. The van der Waals surface area contributed by atoms with Crippen LogP contribution < -0.4 is 9.30 Å². The van der Waals surface area contributed by atoms with Crippen LogP contribution in [0.4, 0.5) is 0 Å². The Labute approximate surface area is 284 Å². The molecule has 242 valence electrons. The molecule has 0 spiro atoms. The maximum absolute atomic E-state index is 6.73. The van der Waals surface area contributed by atoms with Crippen LogP contribution in [0.3, 0.4) is 0 Å². The number of benzene rings is 5. The van der Waals surface area contributed by atoms with Gasteiger partial charge in [0.25, 0.3) is 0 Å². The van der Waals surface area contributed by atoms with Crippen molar-refractivity contribution in [3.05, 3.63) is 132 Å². The van der Waals surface area contributed by atoms with Crippen LogP contribution in [0.15, 0.2) is 109 Å². The molecule has 0 amide bonds. The number of ether oxygens (including phenoxy) is 1. The Hall–Kier alpha value is -5.16. The third-order valence-electron chi connectivity index (χ3n) is 9.20. The summed E-state index contributed by atoms with van der Waals surface area (Å²) in [4.78, 5) is 5.31. The van der Waals surface area contributed by atoms with Gasteiger partial charge in [-0.15, -0.1) is 0 Å². The van der Waals surface area contributed by atoms with E-state index in [2.05, 4.69) is 161 Å². The summed E-state index contributed by atoms with van der Waals surface area (Å²) in [6.45, 7) is 15.8. The number of nitrogens with zero attached hydrogens (tertiary/aromatic N) is 4. The number of aryl methyl sites for hydroxylation is 1. The van der Waals surface area contributed by atoms with Crippen LogP contribution >= 0.6 is 0 Å². The van der Waals surface area contributed by atoms with Crippen LogP contribution in [-0.2, 0) is 12.5 Å². The molecule has 0 aliphatic heterocycles. The van der Waals surface area contributed by atoms with Crippen molar-refractivity contribution < 1.29 is 9.30 Å². The van der Waals surface area contributed by atoms with Crippen LogP contribution in [0, 0.1) is 6.33 Å². The van der Waals surface area contributed by atoms with Crippen molar-refractivity contribution in [2.24, 2.45) is 7.05 Å². The monoisotopic (exact) mass is 632 g/mol. The smallest absolute Gasteiger partial charge is 0.244 e. The standard InChI is InChI=1S/C43H44N4O/c1-28(2)35-17-14-18-36(29(3)4)41(35)47-38-20-10-9-19-37(38)44-42(47)30-23-31(43(5,6)7)25-34(24-30)48-33-16-13-15-32(26-33)46-27-45(8)39-21-11-12-22-40(39)46/h9-26,28-29H,1-8H3. The Morgan fingerprint density at radius 2 is 1.38 bits per heavy atom. The summed E-state index contributed by atoms with van der Waals surface area (Å²) < 4.78 is 13.2. The lowest BCUT2D eigenvalue weighted by atomic mass is 9.86. The number of fused-ring (bicyclic) bond motifs is 2. The largest absolute Gasteiger partial charge is 0.458 e. The first-order valence-electron chi connectivity index (χ1n) is 16.9. The number of para-hydroxylation sites is 5. The summed E-state index contributed by atoms with van der Waals surface area (Å²) in [5.74, 6) is 3.14. The molecule has 0 aliphatic carbocycles.